The predicted octanol–water partition coefficient (Wildman–Crippen LogP) is 3.56. The van der Waals surface area contributed by atoms with Crippen LogP contribution in [0.4, 0.5) is 0 Å². The van der Waals surface area contributed by atoms with Crippen LogP contribution in [0.25, 0.3) is 11.4 Å². The molecule has 2 fully saturated rings. The van der Waals surface area contributed by atoms with E-state index in [1.165, 1.54) is 0 Å². The number of amides is 2. The van der Waals surface area contributed by atoms with Crippen molar-refractivity contribution >= 4 is 23.4 Å². The number of rotatable bonds is 5. The number of nitrogens with zero attached hydrogens (tertiary/aromatic N) is 4. The molecule has 3 atom stereocenters. The van der Waals surface area contributed by atoms with Gasteiger partial charge in [-0.15, -0.1) is 10.2 Å². The van der Waals surface area contributed by atoms with E-state index in [1.54, 1.807) is 30.3 Å². The number of carbonyl (C=O) groups excluding carboxylic acids is 2. The van der Waals surface area contributed by atoms with Crippen LogP contribution in [0.5, 0.6) is 0 Å². The highest BCUT2D eigenvalue weighted by Gasteiger charge is 2.50. The van der Waals surface area contributed by atoms with Gasteiger partial charge in [0.25, 0.3) is 5.91 Å². The Bertz CT molecular complexity index is 1280. The number of hydrogen-bond acceptors (Lipinski definition) is 6. The first-order valence-corrected chi connectivity index (χ1v) is 13.0. The van der Waals surface area contributed by atoms with Crippen molar-refractivity contribution in [3.8, 4) is 11.4 Å². The van der Waals surface area contributed by atoms with Crippen LogP contribution in [0, 0.1) is 11.3 Å². The third kappa shape index (κ3) is 4.85. The first-order valence-electron chi connectivity index (χ1n) is 12.6. The number of H-pyrrole nitrogens is 1. The Morgan fingerprint density at radius 1 is 1.16 bits per heavy atom. The van der Waals surface area contributed by atoms with Crippen LogP contribution in [0.15, 0.2) is 48.5 Å². The molecule has 1 saturated carbocycles. The Labute approximate surface area is 220 Å². The number of aromatic amines is 1. The van der Waals surface area contributed by atoms with Crippen molar-refractivity contribution < 1.29 is 14.7 Å². The molecule has 9 nitrogen and oxygen atoms in total. The summed E-state index contributed by atoms with van der Waals surface area (Å²) in [5, 5.41) is 29.3. The Balaban J connectivity index is 1.27. The minimum atomic E-state index is -1.07. The average Bonchev–Trinajstić information content (AvgIpc) is 3.58. The zero-order valence-electron chi connectivity index (χ0n) is 20.9. The molecule has 0 radical (unpaired) electrons. The number of piperidine rings is 1. The number of aromatic nitrogens is 4. The van der Waals surface area contributed by atoms with Crippen LogP contribution in [0.3, 0.4) is 0 Å². The molecule has 3 N–H and O–H groups in total. The summed E-state index contributed by atoms with van der Waals surface area (Å²) in [4.78, 5) is 28.6. The molecule has 1 aliphatic carbocycles. The van der Waals surface area contributed by atoms with Gasteiger partial charge in [0.05, 0.1) is 11.5 Å². The molecule has 1 aliphatic heterocycles. The molecule has 2 aliphatic rings. The second-order valence-corrected chi connectivity index (χ2v) is 11.1. The zero-order valence-corrected chi connectivity index (χ0v) is 21.7. The summed E-state index contributed by atoms with van der Waals surface area (Å²) < 4.78 is 0. The van der Waals surface area contributed by atoms with Crippen LogP contribution in [-0.2, 0) is 10.4 Å². The van der Waals surface area contributed by atoms with Gasteiger partial charge in [-0.25, -0.2) is 0 Å². The molecule has 2 amide bonds. The van der Waals surface area contributed by atoms with E-state index in [1.807, 2.05) is 36.9 Å². The molecule has 1 aromatic heterocycles. The van der Waals surface area contributed by atoms with Crippen LogP contribution in [0.1, 0.15) is 55.5 Å². The maximum absolute atomic E-state index is 13.7. The first-order chi connectivity index (χ1) is 17.7. The molecule has 37 heavy (non-hydrogen) atoms. The third-order valence-corrected chi connectivity index (χ3v) is 8.21. The van der Waals surface area contributed by atoms with Gasteiger partial charge in [-0.2, -0.15) is 5.21 Å². The Morgan fingerprint density at radius 3 is 2.65 bits per heavy atom. The van der Waals surface area contributed by atoms with E-state index in [-0.39, 0.29) is 23.8 Å². The van der Waals surface area contributed by atoms with E-state index in [2.05, 4.69) is 25.9 Å². The second-order valence-electron chi connectivity index (χ2n) is 10.7. The molecule has 1 saturated heterocycles. The van der Waals surface area contributed by atoms with E-state index in [0.29, 0.717) is 41.5 Å². The van der Waals surface area contributed by atoms with Gasteiger partial charge < -0.3 is 15.3 Å². The Hall–Kier alpha value is -3.30. The van der Waals surface area contributed by atoms with E-state index in [9.17, 15) is 14.7 Å². The minimum Gasteiger partial charge on any atom is -0.384 e. The quantitative estimate of drug-likeness (QED) is 0.470. The molecule has 5 rings (SSSR count). The number of tetrazole rings is 1. The summed E-state index contributed by atoms with van der Waals surface area (Å²) in [5.74, 6) is -0.0718. The standard InChI is InChI=1S/C27H31ClN6O3/c1-26(2)16-34(14-13-27(26,37)19-9-11-20(28)12-10-19)25(36)21-7-4-8-22(21)29-24(35)18-6-3-5-17(15-18)23-30-32-33-31-23/h3,5-6,9-12,15,21-22,37H,4,7-8,13-14,16H2,1-2H3,(H,29,35)(H,30,31,32,33)/t21-,22?,27-/m0/s1. The van der Waals surface area contributed by atoms with Gasteiger partial charge in [-0.1, -0.05) is 56.1 Å². The van der Waals surface area contributed by atoms with Crippen LogP contribution in [0.2, 0.25) is 5.02 Å². The molecule has 2 heterocycles. The van der Waals surface area contributed by atoms with Crippen molar-refractivity contribution in [2.24, 2.45) is 11.3 Å². The number of hydrogen-bond donors (Lipinski definition) is 3. The molecule has 2 aromatic carbocycles. The van der Waals surface area contributed by atoms with Gasteiger partial charge in [0, 0.05) is 40.7 Å². The maximum Gasteiger partial charge on any atom is 0.251 e. The van der Waals surface area contributed by atoms with E-state index < -0.39 is 11.0 Å². The molecule has 0 spiro atoms. The number of carbonyl (C=O) groups is 2. The summed E-state index contributed by atoms with van der Waals surface area (Å²) in [7, 11) is 0. The molecule has 3 aromatic rings. The molecule has 1 unspecified atom stereocenters. The van der Waals surface area contributed by atoms with Gasteiger partial charge in [-0.3, -0.25) is 9.59 Å². The lowest BCUT2D eigenvalue weighted by atomic mass is 9.66. The van der Waals surface area contributed by atoms with Crippen LogP contribution < -0.4 is 5.32 Å². The SMILES string of the molecule is CC1(C)CN(C(=O)[C@H]2CCCC2NC(=O)c2cccc(-c3nn[nH]n3)c2)CC[C@]1(O)c1ccc(Cl)cc1. The van der Waals surface area contributed by atoms with Crippen molar-refractivity contribution in [2.45, 2.75) is 51.2 Å². The largest absolute Gasteiger partial charge is 0.384 e. The monoisotopic (exact) mass is 522 g/mol. The van der Waals surface area contributed by atoms with Gasteiger partial charge >= 0.3 is 0 Å². The fourth-order valence-corrected chi connectivity index (χ4v) is 5.90. The summed E-state index contributed by atoms with van der Waals surface area (Å²) in [6.45, 7) is 4.86. The molecule has 10 heteroatoms. The lowest BCUT2D eigenvalue weighted by Gasteiger charge is -2.51. The van der Waals surface area contributed by atoms with Crippen LogP contribution >= 0.6 is 11.6 Å². The molecular formula is C27H31ClN6O3. The normalized spacial score (nSPS) is 25.1. The second kappa shape index (κ2) is 9.87. The highest BCUT2D eigenvalue weighted by Crippen LogP contribution is 2.46. The van der Waals surface area contributed by atoms with E-state index in [0.717, 1.165) is 24.8 Å². The smallest absolute Gasteiger partial charge is 0.251 e. The Kier molecular flexibility index (Phi) is 6.76. The summed E-state index contributed by atoms with van der Waals surface area (Å²) in [6, 6.07) is 14.1. The van der Waals surface area contributed by atoms with E-state index >= 15 is 0 Å². The summed E-state index contributed by atoms with van der Waals surface area (Å²) in [6.07, 6.45) is 2.78. The minimum absolute atomic E-state index is 0.0366. The number of likely N-dealkylation sites (tertiary alicyclic amines) is 1. The van der Waals surface area contributed by atoms with Crippen molar-refractivity contribution in [1.82, 2.24) is 30.8 Å². The lowest BCUT2D eigenvalue weighted by Crippen LogP contribution is -2.58. The van der Waals surface area contributed by atoms with Gasteiger partial charge in [-0.05, 0) is 54.3 Å². The number of nitrogens with one attached hydrogen (secondary N) is 2. The van der Waals surface area contributed by atoms with Gasteiger partial charge in [0.15, 0.2) is 0 Å². The lowest BCUT2D eigenvalue weighted by molar-refractivity contribution is -0.156. The molecular weight excluding hydrogens is 492 g/mol. The van der Waals surface area contributed by atoms with E-state index in [4.69, 9.17) is 11.6 Å². The van der Waals surface area contributed by atoms with Gasteiger partial charge in [0.2, 0.25) is 11.7 Å². The average molecular weight is 523 g/mol. The fraction of sp³-hybridized carbons (Fsp3) is 0.444. The number of benzene rings is 2. The molecule has 0 bridgehead atoms. The highest BCUT2D eigenvalue weighted by molar-refractivity contribution is 6.30. The highest BCUT2D eigenvalue weighted by atomic mass is 35.5. The summed E-state index contributed by atoms with van der Waals surface area (Å²) in [5.41, 5.74) is 0.336. The van der Waals surface area contributed by atoms with Gasteiger partial charge in [0.1, 0.15) is 0 Å². The topological polar surface area (TPSA) is 124 Å². The predicted molar refractivity (Wildman–Crippen MR) is 139 cm³/mol. The molecule has 194 valence electrons. The number of aliphatic hydroxyl groups is 1. The Morgan fingerprint density at radius 2 is 1.95 bits per heavy atom. The third-order valence-electron chi connectivity index (χ3n) is 7.96. The number of halogens is 1. The van der Waals surface area contributed by atoms with Crippen molar-refractivity contribution in [3.63, 3.8) is 0 Å². The summed E-state index contributed by atoms with van der Waals surface area (Å²) >= 11 is 6.05. The van der Waals surface area contributed by atoms with Crippen molar-refractivity contribution in [3.05, 3.63) is 64.7 Å². The van der Waals surface area contributed by atoms with Crippen LogP contribution in [-0.4, -0.2) is 61.6 Å². The first kappa shape index (κ1) is 25.4. The van der Waals surface area contributed by atoms with Crippen molar-refractivity contribution in [2.75, 3.05) is 13.1 Å². The van der Waals surface area contributed by atoms with Crippen molar-refractivity contribution in [1.29, 1.82) is 0 Å². The maximum atomic E-state index is 13.7. The zero-order chi connectivity index (χ0) is 26.2. The fourth-order valence-electron chi connectivity index (χ4n) is 5.77.